The van der Waals surface area contributed by atoms with Gasteiger partial charge in [-0.05, 0) is 25.7 Å². The van der Waals surface area contributed by atoms with Crippen molar-refractivity contribution in [1.82, 2.24) is 19.3 Å². The minimum absolute atomic E-state index is 0.319. The summed E-state index contributed by atoms with van der Waals surface area (Å²) in [4.78, 5) is 4.74. The van der Waals surface area contributed by atoms with Gasteiger partial charge in [-0.25, -0.2) is 4.98 Å². The Balaban J connectivity index is 1.90. The Morgan fingerprint density at radius 2 is 2.25 bits per heavy atom. The largest absolute Gasteiger partial charge is 0.373 e. The maximum Gasteiger partial charge on any atom is 0.159 e. The molecule has 108 valence electrons. The van der Waals surface area contributed by atoms with Gasteiger partial charge in [0.05, 0.1) is 29.8 Å². The summed E-state index contributed by atoms with van der Waals surface area (Å²) in [5.41, 5.74) is 3.16. The van der Waals surface area contributed by atoms with Gasteiger partial charge in [-0.3, -0.25) is 4.68 Å². The highest BCUT2D eigenvalue weighted by atomic mass is 35.5. The fourth-order valence-electron chi connectivity index (χ4n) is 3.81. The predicted molar refractivity (Wildman–Crippen MR) is 77.0 cm³/mol. The first-order valence-electron chi connectivity index (χ1n) is 7.37. The predicted octanol–water partition coefficient (Wildman–Crippen LogP) is 2.56. The van der Waals surface area contributed by atoms with Crippen LogP contribution in [-0.4, -0.2) is 31.5 Å². The number of rotatable bonds is 3. The maximum absolute atomic E-state index is 6.14. The van der Waals surface area contributed by atoms with Crippen LogP contribution in [0, 0.1) is 0 Å². The Hall–Kier alpha value is -1.07. The Bertz CT molecular complexity index is 662. The number of hydrogen-bond acceptors (Lipinski definition) is 3. The van der Waals surface area contributed by atoms with E-state index in [9.17, 15) is 0 Å². The lowest BCUT2D eigenvalue weighted by atomic mass is 9.95. The van der Waals surface area contributed by atoms with E-state index in [-0.39, 0.29) is 0 Å². The number of nitrogens with zero attached hydrogens (tertiary/aromatic N) is 4. The van der Waals surface area contributed by atoms with Crippen LogP contribution in [0.1, 0.15) is 43.7 Å². The monoisotopic (exact) mass is 294 g/mol. The van der Waals surface area contributed by atoms with Crippen LogP contribution in [0.15, 0.2) is 0 Å². The molecule has 0 aliphatic carbocycles. The van der Waals surface area contributed by atoms with Crippen LogP contribution >= 0.6 is 11.6 Å². The van der Waals surface area contributed by atoms with E-state index in [0.717, 1.165) is 41.9 Å². The zero-order valence-electron chi connectivity index (χ0n) is 11.8. The van der Waals surface area contributed by atoms with Crippen LogP contribution in [-0.2, 0) is 24.1 Å². The summed E-state index contributed by atoms with van der Waals surface area (Å²) in [5.74, 6) is 1.39. The molecular formula is C14H19ClN4O. The van der Waals surface area contributed by atoms with E-state index in [0.29, 0.717) is 24.1 Å². The summed E-state index contributed by atoms with van der Waals surface area (Å²) in [5, 5.41) is 4.59. The second-order valence-corrected chi connectivity index (χ2v) is 6.07. The van der Waals surface area contributed by atoms with Crippen molar-refractivity contribution in [2.45, 2.75) is 56.7 Å². The molecular weight excluding hydrogens is 276 g/mol. The summed E-state index contributed by atoms with van der Waals surface area (Å²) in [6.07, 6.45) is 5.05. The Labute approximate surface area is 122 Å². The fraction of sp³-hybridized carbons (Fsp3) is 0.714. The van der Waals surface area contributed by atoms with Crippen LogP contribution in [0.3, 0.4) is 0 Å². The van der Waals surface area contributed by atoms with Gasteiger partial charge >= 0.3 is 0 Å². The summed E-state index contributed by atoms with van der Waals surface area (Å²) in [6.45, 7) is 2.11. The van der Waals surface area contributed by atoms with E-state index in [2.05, 4.69) is 16.6 Å². The van der Waals surface area contributed by atoms with E-state index in [1.165, 1.54) is 6.42 Å². The van der Waals surface area contributed by atoms with Crippen molar-refractivity contribution in [3.8, 4) is 0 Å². The smallest absolute Gasteiger partial charge is 0.159 e. The minimum atomic E-state index is 0.319. The van der Waals surface area contributed by atoms with Gasteiger partial charge in [-0.15, -0.1) is 11.6 Å². The van der Waals surface area contributed by atoms with E-state index in [4.69, 9.17) is 21.3 Å². The third-order valence-corrected chi connectivity index (χ3v) is 4.91. The molecule has 4 heterocycles. The SMILES string of the molecule is CCc1nn(C)c2c1nc(CCl)n2C1CC2CCC1O2. The highest BCUT2D eigenvalue weighted by molar-refractivity contribution is 6.16. The highest BCUT2D eigenvalue weighted by Crippen LogP contribution is 2.43. The van der Waals surface area contributed by atoms with E-state index in [1.807, 2.05) is 11.7 Å². The third-order valence-electron chi connectivity index (χ3n) is 4.67. The minimum Gasteiger partial charge on any atom is -0.373 e. The summed E-state index contributed by atoms with van der Waals surface area (Å²) >= 11 is 6.14. The number of aromatic nitrogens is 4. The van der Waals surface area contributed by atoms with Gasteiger partial charge in [0.25, 0.3) is 0 Å². The quantitative estimate of drug-likeness (QED) is 0.817. The second-order valence-electron chi connectivity index (χ2n) is 5.80. The molecule has 4 rings (SSSR count). The topological polar surface area (TPSA) is 44.9 Å². The van der Waals surface area contributed by atoms with Crippen LogP contribution in [0.2, 0.25) is 0 Å². The van der Waals surface area contributed by atoms with Crippen LogP contribution in [0.5, 0.6) is 0 Å². The molecule has 0 saturated carbocycles. The number of imidazole rings is 1. The van der Waals surface area contributed by atoms with Crippen molar-refractivity contribution in [1.29, 1.82) is 0 Å². The molecule has 5 nitrogen and oxygen atoms in total. The molecule has 2 aliphatic rings. The number of ether oxygens (including phenoxy) is 1. The average molecular weight is 295 g/mol. The van der Waals surface area contributed by atoms with Crippen LogP contribution < -0.4 is 0 Å². The summed E-state index contributed by atoms with van der Waals surface area (Å²) < 4.78 is 10.2. The van der Waals surface area contributed by atoms with Gasteiger partial charge in [-0.1, -0.05) is 6.92 Å². The zero-order chi connectivity index (χ0) is 13.9. The summed E-state index contributed by atoms with van der Waals surface area (Å²) in [6, 6.07) is 0.368. The number of halogens is 1. The third kappa shape index (κ3) is 1.59. The van der Waals surface area contributed by atoms with Crippen LogP contribution in [0.25, 0.3) is 11.2 Å². The zero-order valence-corrected chi connectivity index (χ0v) is 12.6. The second kappa shape index (κ2) is 4.46. The van der Waals surface area contributed by atoms with Gasteiger partial charge in [0.1, 0.15) is 11.3 Å². The van der Waals surface area contributed by atoms with Crippen LogP contribution in [0.4, 0.5) is 0 Å². The summed E-state index contributed by atoms with van der Waals surface area (Å²) in [7, 11) is 1.99. The van der Waals surface area contributed by atoms with Gasteiger partial charge in [0, 0.05) is 7.05 Å². The Morgan fingerprint density at radius 1 is 1.40 bits per heavy atom. The molecule has 0 N–H and O–H groups in total. The lowest BCUT2D eigenvalue weighted by molar-refractivity contribution is 0.0939. The molecule has 0 aromatic carbocycles. The number of alkyl halides is 1. The van der Waals surface area contributed by atoms with Gasteiger partial charge < -0.3 is 9.30 Å². The van der Waals surface area contributed by atoms with Crippen molar-refractivity contribution < 1.29 is 4.74 Å². The molecule has 2 aliphatic heterocycles. The van der Waals surface area contributed by atoms with Crippen molar-refractivity contribution in [2.75, 3.05) is 0 Å². The Morgan fingerprint density at radius 3 is 2.85 bits per heavy atom. The molecule has 3 atom stereocenters. The highest BCUT2D eigenvalue weighted by Gasteiger charge is 2.43. The Kier molecular flexibility index (Phi) is 2.82. The molecule has 2 fully saturated rings. The maximum atomic E-state index is 6.14. The first kappa shape index (κ1) is 12.7. The van der Waals surface area contributed by atoms with Crippen molar-refractivity contribution in [2.24, 2.45) is 7.05 Å². The molecule has 6 heteroatoms. The number of aryl methyl sites for hydroxylation is 2. The van der Waals surface area contributed by atoms with Crippen molar-refractivity contribution >= 4 is 22.8 Å². The molecule has 2 aromatic heterocycles. The average Bonchev–Trinajstić information content (AvgIpc) is 3.18. The standard InChI is InChI=1S/C14H19ClN4O/c1-3-9-13-14(18(2)17-9)19(12(7-15)16-13)10-6-8-4-5-11(10)20-8/h8,10-11H,3-7H2,1-2H3. The van der Waals surface area contributed by atoms with Gasteiger partial charge in [0.15, 0.2) is 5.65 Å². The molecule has 0 spiro atoms. The van der Waals surface area contributed by atoms with Crippen molar-refractivity contribution in [3.63, 3.8) is 0 Å². The van der Waals surface area contributed by atoms with E-state index >= 15 is 0 Å². The molecule has 3 unspecified atom stereocenters. The van der Waals surface area contributed by atoms with Gasteiger partial charge in [0.2, 0.25) is 0 Å². The number of fused-ring (bicyclic) bond motifs is 3. The van der Waals surface area contributed by atoms with Crippen molar-refractivity contribution in [3.05, 3.63) is 11.5 Å². The molecule has 2 bridgehead atoms. The first-order chi connectivity index (χ1) is 9.72. The first-order valence-corrected chi connectivity index (χ1v) is 7.90. The lowest BCUT2D eigenvalue weighted by Gasteiger charge is -2.22. The fourth-order valence-corrected chi connectivity index (χ4v) is 4.00. The van der Waals surface area contributed by atoms with E-state index in [1.54, 1.807) is 0 Å². The molecule has 2 saturated heterocycles. The van der Waals surface area contributed by atoms with Gasteiger partial charge in [-0.2, -0.15) is 5.10 Å². The molecule has 2 aromatic rings. The molecule has 0 amide bonds. The normalized spacial score (nSPS) is 28.9. The molecule has 0 radical (unpaired) electrons. The lowest BCUT2D eigenvalue weighted by Crippen LogP contribution is -2.23. The molecule has 20 heavy (non-hydrogen) atoms. The van der Waals surface area contributed by atoms with E-state index < -0.39 is 0 Å². The number of hydrogen-bond donors (Lipinski definition) is 0.